The van der Waals surface area contributed by atoms with E-state index in [1.165, 1.54) is 0 Å². The number of halogens is 1. The summed E-state index contributed by atoms with van der Waals surface area (Å²) < 4.78 is 12.0. The Hall–Kier alpha value is -0.870. The molecule has 0 heterocycles. The van der Waals surface area contributed by atoms with Crippen LogP contribution in [0, 0.1) is 0 Å². The minimum atomic E-state index is -1.39. The predicted molar refractivity (Wildman–Crippen MR) is 74.2 cm³/mol. The summed E-state index contributed by atoms with van der Waals surface area (Å²) in [6.45, 7) is 1.99. The summed E-state index contributed by atoms with van der Waals surface area (Å²) in [4.78, 5) is 11.1. The molecule has 2 atom stereocenters. The number of benzene rings is 1. The van der Waals surface area contributed by atoms with Gasteiger partial charge in [-0.3, -0.25) is 9.00 Å². The number of hydrogen-bond donors (Lipinski definition) is 1. The maximum absolute atomic E-state index is 12.0. The van der Waals surface area contributed by atoms with Gasteiger partial charge >= 0.3 is 5.97 Å². The maximum atomic E-state index is 12.0. The molecule has 0 bridgehead atoms. The molecule has 1 aromatic rings. The molecule has 18 heavy (non-hydrogen) atoms. The number of carbonyl (C=O) groups is 1. The Morgan fingerprint density at radius 1 is 1.39 bits per heavy atom. The van der Waals surface area contributed by atoms with Crippen molar-refractivity contribution in [1.29, 1.82) is 0 Å². The summed E-state index contributed by atoms with van der Waals surface area (Å²) in [5.41, 5.74) is 0.848. The molecular weight excluding hydrogens is 272 g/mol. The summed E-state index contributed by atoms with van der Waals surface area (Å²) in [6, 6.07) is 6.99. The van der Waals surface area contributed by atoms with E-state index in [2.05, 4.69) is 0 Å². The van der Waals surface area contributed by atoms with Gasteiger partial charge in [0.05, 0.1) is 0 Å². The van der Waals surface area contributed by atoms with Gasteiger partial charge in [-0.15, -0.1) is 0 Å². The molecule has 3 nitrogen and oxygen atoms in total. The molecule has 0 saturated carbocycles. The van der Waals surface area contributed by atoms with Crippen molar-refractivity contribution in [3.63, 3.8) is 0 Å². The van der Waals surface area contributed by atoms with Crippen LogP contribution in [0.1, 0.15) is 31.7 Å². The molecule has 1 rings (SSSR count). The fraction of sp³-hybridized carbons (Fsp3) is 0.462. The average molecular weight is 289 g/mol. The molecule has 0 aliphatic carbocycles. The highest BCUT2D eigenvalue weighted by atomic mass is 35.5. The van der Waals surface area contributed by atoms with Crippen molar-refractivity contribution >= 4 is 28.4 Å². The Labute approximate surface area is 115 Å². The van der Waals surface area contributed by atoms with Crippen molar-refractivity contribution in [2.24, 2.45) is 0 Å². The highest BCUT2D eigenvalue weighted by Gasteiger charge is 2.23. The fourth-order valence-corrected chi connectivity index (χ4v) is 3.10. The van der Waals surface area contributed by atoms with E-state index in [0.29, 0.717) is 11.4 Å². The Morgan fingerprint density at radius 3 is 2.50 bits per heavy atom. The summed E-state index contributed by atoms with van der Waals surface area (Å²) in [6.07, 6.45) is 2.15. The monoisotopic (exact) mass is 288 g/mol. The largest absolute Gasteiger partial charge is 0.480 e. The fourth-order valence-electron chi connectivity index (χ4n) is 1.60. The Morgan fingerprint density at radius 2 is 2.00 bits per heavy atom. The summed E-state index contributed by atoms with van der Waals surface area (Å²) in [5, 5.41) is 8.92. The van der Waals surface area contributed by atoms with Crippen LogP contribution in [0.5, 0.6) is 0 Å². The molecule has 1 N–H and O–H groups in total. The van der Waals surface area contributed by atoms with Gasteiger partial charge in [0, 0.05) is 21.6 Å². The zero-order chi connectivity index (χ0) is 13.5. The number of aliphatic carboxylic acids is 1. The number of carboxylic acids is 1. The molecule has 0 aromatic heterocycles. The third-order valence-electron chi connectivity index (χ3n) is 2.63. The summed E-state index contributed by atoms with van der Waals surface area (Å²) in [5.74, 6) is -0.714. The number of hydrogen-bond acceptors (Lipinski definition) is 2. The summed E-state index contributed by atoms with van der Waals surface area (Å²) in [7, 11) is -1.39. The zero-order valence-electron chi connectivity index (χ0n) is 10.3. The van der Waals surface area contributed by atoms with Crippen LogP contribution in [0.4, 0.5) is 0 Å². The van der Waals surface area contributed by atoms with Crippen molar-refractivity contribution in [2.45, 2.75) is 37.2 Å². The van der Waals surface area contributed by atoms with Crippen LogP contribution in [-0.4, -0.2) is 20.5 Å². The van der Waals surface area contributed by atoms with Crippen LogP contribution in [0.3, 0.4) is 0 Å². The Kier molecular flexibility index (Phi) is 6.36. The van der Waals surface area contributed by atoms with Crippen LogP contribution < -0.4 is 0 Å². The lowest BCUT2D eigenvalue weighted by molar-refractivity contribution is -0.136. The topological polar surface area (TPSA) is 54.4 Å². The van der Waals surface area contributed by atoms with Crippen molar-refractivity contribution in [1.82, 2.24) is 0 Å². The molecular formula is C13H17ClO3S. The number of unbranched alkanes of at least 4 members (excludes halogenated alkanes) is 1. The highest BCUT2D eigenvalue weighted by molar-refractivity contribution is 7.85. The van der Waals surface area contributed by atoms with Gasteiger partial charge in [-0.2, -0.15) is 0 Å². The van der Waals surface area contributed by atoms with E-state index in [4.69, 9.17) is 16.7 Å². The van der Waals surface area contributed by atoms with Gasteiger partial charge in [-0.05, 0) is 24.1 Å². The highest BCUT2D eigenvalue weighted by Crippen LogP contribution is 2.15. The van der Waals surface area contributed by atoms with Crippen molar-refractivity contribution in [2.75, 3.05) is 0 Å². The maximum Gasteiger partial charge on any atom is 0.319 e. The van der Waals surface area contributed by atoms with Crippen LogP contribution >= 0.6 is 11.6 Å². The van der Waals surface area contributed by atoms with E-state index in [1.54, 1.807) is 24.3 Å². The second-order valence-electron chi connectivity index (χ2n) is 4.12. The molecule has 2 unspecified atom stereocenters. The first-order valence-electron chi connectivity index (χ1n) is 5.89. The van der Waals surface area contributed by atoms with Gasteiger partial charge in [0.15, 0.2) is 0 Å². The van der Waals surface area contributed by atoms with Crippen molar-refractivity contribution in [3.8, 4) is 0 Å². The molecule has 0 saturated heterocycles. The number of carboxylic acid groups (broad SMARTS) is 1. The van der Waals surface area contributed by atoms with Gasteiger partial charge < -0.3 is 5.11 Å². The molecule has 100 valence electrons. The van der Waals surface area contributed by atoms with Crippen LogP contribution in [-0.2, 0) is 21.3 Å². The lowest BCUT2D eigenvalue weighted by Gasteiger charge is -2.11. The predicted octanol–water partition coefficient (Wildman–Crippen LogP) is 3.23. The zero-order valence-corrected chi connectivity index (χ0v) is 11.8. The summed E-state index contributed by atoms with van der Waals surface area (Å²) >= 11 is 5.76. The van der Waals surface area contributed by atoms with Gasteiger partial charge in [0.1, 0.15) is 5.25 Å². The molecule has 0 aliphatic heterocycles. The molecule has 1 aromatic carbocycles. The van der Waals surface area contributed by atoms with E-state index in [9.17, 15) is 9.00 Å². The molecule has 0 radical (unpaired) electrons. The lowest BCUT2D eigenvalue weighted by atomic mass is 10.2. The van der Waals surface area contributed by atoms with E-state index >= 15 is 0 Å². The van der Waals surface area contributed by atoms with E-state index in [-0.39, 0.29) is 5.75 Å². The minimum Gasteiger partial charge on any atom is -0.480 e. The quantitative estimate of drug-likeness (QED) is 0.838. The van der Waals surface area contributed by atoms with Crippen molar-refractivity contribution < 1.29 is 14.1 Å². The van der Waals surface area contributed by atoms with E-state index < -0.39 is 22.0 Å². The van der Waals surface area contributed by atoms with E-state index in [0.717, 1.165) is 18.4 Å². The molecule has 0 aliphatic rings. The Balaban J connectivity index is 2.66. The van der Waals surface area contributed by atoms with Gasteiger partial charge in [-0.25, -0.2) is 0 Å². The normalized spacial score (nSPS) is 14.1. The first-order chi connectivity index (χ1) is 8.54. The van der Waals surface area contributed by atoms with Crippen LogP contribution in [0.15, 0.2) is 24.3 Å². The Bertz CT molecular complexity index is 417. The first kappa shape index (κ1) is 15.2. The third-order valence-corrected chi connectivity index (χ3v) is 4.58. The van der Waals surface area contributed by atoms with Crippen LogP contribution in [0.2, 0.25) is 5.02 Å². The molecule has 5 heteroatoms. The van der Waals surface area contributed by atoms with E-state index in [1.807, 2.05) is 6.92 Å². The minimum absolute atomic E-state index is 0.262. The SMILES string of the molecule is CCCCC(C(=O)O)S(=O)Cc1ccc(Cl)cc1. The smallest absolute Gasteiger partial charge is 0.319 e. The van der Waals surface area contributed by atoms with Gasteiger partial charge in [0.25, 0.3) is 0 Å². The second-order valence-corrected chi connectivity index (χ2v) is 6.18. The van der Waals surface area contributed by atoms with Crippen LogP contribution in [0.25, 0.3) is 0 Å². The molecule has 0 spiro atoms. The average Bonchev–Trinajstić information content (AvgIpc) is 2.32. The first-order valence-corrected chi connectivity index (χ1v) is 7.65. The van der Waals surface area contributed by atoms with Crippen molar-refractivity contribution in [3.05, 3.63) is 34.9 Å². The lowest BCUT2D eigenvalue weighted by Crippen LogP contribution is -2.26. The molecule has 0 amide bonds. The second kappa shape index (κ2) is 7.54. The van der Waals surface area contributed by atoms with Gasteiger partial charge in [-0.1, -0.05) is 43.5 Å². The number of rotatable bonds is 7. The third kappa shape index (κ3) is 4.78. The molecule has 0 fully saturated rings. The standard InChI is InChI=1S/C13H17ClO3S/c1-2-3-4-12(13(15)16)18(17)9-10-5-7-11(14)8-6-10/h5-8,12H,2-4,9H2,1H3,(H,15,16). The van der Waals surface area contributed by atoms with Gasteiger partial charge in [0.2, 0.25) is 0 Å².